The maximum absolute atomic E-state index is 3.60. The lowest BCUT2D eigenvalue weighted by Gasteiger charge is -2.26. The van der Waals surface area contributed by atoms with E-state index in [1.165, 1.54) is 44.2 Å². The van der Waals surface area contributed by atoms with Crippen LogP contribution in [0.2, 0.25) is 0 Å². The molecule has 0 atom stereocenters. The van der Waals surface area contributed by atoms with Crippen molar-refractivity contribution >= 4 is 43.8 Å². The predicted molar refractivity (Wildman–Crippen MR) is 183 cm³/mol. The molecule has 0 unspecified atom stereocenters. The zero-order chi connectivity index (χ0) is 28.3. The molecular weight excluding hydrogens is 574 g/mol. The summed E-state index contributed by atoms with van der Waals surface area (Å²) in [5.74, 6) is 0. The van der Waals surface area contributed by atoms with Crippen molar-refractivity contribution in [2.75, 3.05) is 4.90 Å². The Labute approximate surface area is 255 Å². The number of fused-ring (bicyclic) bond motifs is 1. The lowest BCUT2D eigenvalue weighted by atomic mass is 9.98. The van der Waals surface area contributed by atoms with Gasteiger partial charge in [0.25, 0.3) is 0 Å². The molecule has 7 aromatic carbocycles. The van der Waals surface area contributed by atoms with Gasteiger partial charge in [0.2, 0.25) is 0 Å². The first-order chi connectivity index (χ1) is 20.7. The summed E-state index contributed by atoms with van der Waals surface area (Å²) >= 11 is 3.60. The molecule has 0 aliphatic rings. The van der Waals surface area contributed by atoms with Crippen LogP contribution in [-0.2, 0) is 0 Å². The zero-order valence-electron chi connectivity index (χ0n) is 23.0. The van der Waals surface area contributed by atoms with Crippen molar-refractivity contribution in [3.05, 3.63) is 174 Å². The highest BCUT2D eigenvalue weighted by molar-refractivity contribution is 9.10. The fourth-order valence-corrected chi connectivity index (χ4v) is 5.86. The van der Waals surface area contributed by atoms with Crippen LogP contribution in [0.4, 0.5) is 17.1 Å². The molecule has 42 heavy (non-hydrogen) atoms. The third-order valence-electron chi connectivity index (χ3n) is 7.76. The third kappa shape index (κ3) is 5.25. The van der Waals surface area contributed by atoms with Crippen LogP contribution >= 0.6 is 15.9 Å². The van der Waals surface area contributed by atoms with E-state index in [-0.39, 0.29) is 0 Å². The number of rotatable bonds is 6. The second-order valence-corrected chi connectivity index (χ2v) is 11.3. The largest absolute Gasteiger partial charge is 0.311 e. The molecule has 7 rings (SSSR count). The Kier molecular flexibility index (Phi) is 7.13. The van der Waals surface area contributed by atoms with Crippen LogP contribution in [0, 0.1) is 0 Å². The van der Waals surface area contributed by atoms with E-state index in [4.69, 9.17) is 0 Å². The first-order valence-corrected chi connectivity index (χ1v) is 14.9. The minimum Gasteiger partial charge on any atom is -0.311 e. The molecule has 0 fully saturated rings. The minimum absolute atomic E-state index is 1.06. The molecule has 2 heteroatoms. The normalized spacial score (nSPS) is 11.0. The summed E-state index contributed by atoms with van der Waals surface area (Å²) in [5.41, 5.74) is 10.6. The van der Waals surface area contributed by atoms with Crippen LogP contribution in [0.3, 0.4) is 0 Å². The van der Waals surface area contributed by atoms with Gasteiger partial charge in [-0.15, -0.1) is 0 Å². The molecule has 0 radical (unpaired) electrons. The van der Waals surface area contributed by atoms with Crippen LogP contribution in [0.1, 0.15) is 0 Å². The second kappa shape index (κ2) is 11.5. The monoisotopic (exact) mass is 601 g/mol. The highest BCUT2D eigenvalue weighted by atomic mass is 79.9. The summed E-state index contributed by atoms with van der Waals surface area (Å²) in [6, 6.07) is 60.6. The van der Waals surface area contributed by atoms with Gasteiger partial charge in [-0.3, -0.25) is 0 Å². The van der Waals surface area contributed by atoms with Crippen molar-refractivity contribution in [2.45, 2.75) is 0 Å². The van der Waals surface area contributed by atoms with Gasteiger partial charge in [0.1, 0.15) is 0 Å². The summed E-state index contributed by atoms with van der Waals surface area (Å²) in [5, 5.41) is 2.52. The minimum atomic E-state index is 1.06. The Morgan fingerprint density at radius 3 is 1.36 bits per heavy atom. The Hall–Kier alpha value is -4.92. The summed E-state index contributed by atoms with van der Waals surface area (Å²) in [7, 11) is 0. The molecule has 0 amide bonds. The average molecular weight is 603 g/mol. The molecule has 0 heterocycles. The average Bonchev–Trinajstić information content (AvgIpc) is 3.07. The molecule has 0 aromatic heterocycles. The maximum Gasteiger partial charge on any atom is 0.0462 e. The Morgan fingerprint density at radius 1 is 0.333 bits per heavy atom. The van der Waals surface area contributed by atoms with Gasteiger partial charge in [-0.05, 0) is 92.7 Å². The second-order valence-electron chi connectivity index (χ2n) is 10.4. The molecule has 0 aliphatic carbocycles. The third-order valence-corrected chi connectivity index (χ3v) is 8.29. The predicted octanol–water partition coefficient (Wildman–Crippen LogP) is 12.1. The molecule has 0 spiro atoms. The van der Waals surface area contributed by atoms with Gasteiger partial charge in [0.05, 0.1) is 0 Å². The lowest BCUT2D eigenvalue weighted by Crippen LogP contribution is -2.09. The molecule has 0 saturated carbocycles. The van der Waals surface area contributed by atoms with E-state index in [0.29, 0.717) is 0 Å². The first-order valence-electron chi connectivity index (χ1n) is 14.1. The zero-order valence-corrected chi connectivity index (χ0v) is 24.6. The lowest BCUT2D eigenvalue weighted by molar-refractivity contribution is 1.28. The molecule has 7 aromatic rings. The van der Waals surface area contributed by atoms with Gasteiger partial charge in [0, 0.05) is 21.5 Å². The van der Waals surface area contributed by atoms with E-state index in [9.17, 15) is 0 Å². The number of nitrogens with zero attached hydrogens (tertiary/aromatic N) is 1. The molecule has 0 aliphatic heterocycles. The van der Waals surface area contributed by atoms with Crippen LogP contribution in [0.25, 0.3) is 44.2 Å². The molecule has 200 valence electrons. The summed E-state index contributed by atoms with van der Waals surface area (Å²) in [4.78, 5) is 2.31. The van der Waals surface area contributed by atoms with Gasteiger partial charge < -0.3 is 4.90 Å². The quantitative estimate of drug-likeness (QED) is 0.183. The van der Waals surface area contributed by atoms with Crippen LogP contribution in [0.5, 0.6) is 0 Å². The number of hydrogen-bond donors (Lipinski definition) is 0. The van der Waals surface area contributed by atoms with Crippen molar-refractivity contribution in [3.8, 4) is 33.4 Å². The van der Waals surface area contributed by atoms with E-state index in [1.54, 1.807) is 0 Å². The first kappa shape index (κ1) is 26.0. The van der Waals surface area contributed by atoms with Crippen molar-refractivity contribution in [2.24, 2.45) is 0 Å². The van der Waals surface area contributed by atoms with Crippen LogP contribution in [-0.4, -0.2) is 0 Å². The van der Waals surface area contributed by atoms with Crippen molar-refractivity contribution in [3.63, 3.8) is 0 Å². The van der Waals surface area contributed by atoms with E-state index in [2.05, 4.69) is 191 Å². The Morgan fingerprint density at radius 2 is 0.762 bits per heavy atom. The van der Waals surface area contributed by atoms with Gasteiger partial charge >= 0.3 is 0 Å². The SMILES string of the molecule is Brc1ccc(N(c2ccc(-c3ccc(-c4ccccc4)cc3)cc2)c2ccc(-c3cccc4ccccc34)cc2)cc1. The topological polar surface area (TPSA) is 3.24 Å². The number of hydrogen-bond acceptors (Lipinski definition) is 1. The highest BCUT2D eigenvalue weighted by Gasteiger charge is 2.14. The van der Waals surface area contributed by atoms with Gasteiger partial charge in [-0.25, -0.2) is 0 Å². The van der Waals surface area contributed by atoms with Gasteiger partial charge in [-0.2, -0.15) is 0 Å². The number of anilines is 3. The fraction of sp³-hybridized carbons (Fsp3) is 0. The van der Waals surface area contributed by atoms with Crippen molar-refractivity contribution < 1.29 is 0 Å². The molecule has 0 N–H and O–H groups in total. The Bertz CT molecular complexity index is 1940. The van der Waals surface area contributed by atoms with Gasteiger partial charge in [-0.1, -0.05) is 137 Å². The van der Waals surface area contributed by atoms with E-state index >= 15 is 0 Å². The number of benzene rings is 7. The van der Waals surface area contributed by atoms with Crippen molar-refractivity contribution in [1.82, 2.24) is 0 Å². The van der Waals surface area contributed by atoms with E-state index in [0.717, 1.165) is 21.5 Å². The summed E-state index contributed by atoms with van der Waals surface area (Å²) in [6.07, 6.45) is 0. The standard InChI is InChI=1S/C40H28BrN/c41-35-21-27-38(28-22-35)42(37-25-19-34(20-26-37)40-12-6-10-33-9-4-5-11-39(33)40)36-23-17-32(18-24-36)31-15-13-30(14-16-31)29-7-2-1-3-8-29/h1-28H. The maximum atomic E-state index is 3.60. The van der Waals surface area contributed by atoms with Crippen molar-refractivity contribution in [1.29, 1.82) is 0 Å². The Balaban J connectivity index is 1.22. The molecule has 0 bridgehead atoms. The summed E-state index contributed by atoms with van der Waals surface area (Å²) in [6.45, 7) is 0. The summed E-state index contributed by atoms with van der Waals surface area (Å²) < 4.78 is 1.06. The smallest absolute Gasteiger partial charge is 0.0462 e. The molecular formula is C40H28BrN. The fourth-order valence-electron chi connectivity index (χ4n) is 5.59. The molecule has 0 saturated heterocycles. The van der Waals surface area contributed by atoms with Gasteiger partial charge in [0.15, 0.2) is 0 Å². The molecule has 1 nitrogen and oxygen atoms in total. The van der Waals surface area contributed by atoms with Crippen LogP contribution < -0.4 is 4.90 Å². The van der Waals surface area contributed by atoms with E-state index in [1.807, 2.05) is 0 Å². The highest BCUT2D eigenvalue weighted by Crippen LogP contribution is 2.38. The van der Waals surface area contributed by atoms with Crippen LogP contribution in [0.15, 0.2) is 174 Å². The number of halogens is 1. The van der Waals surface area contributed by atoms with E-state index < -0.39 is 0 Å².